The van der Waals surface area contributed by atoms with Crippen molar-refractivity contribution in [2.75, 3.05) is 13.1 Å². The fraction of sp³-hybridized carbons (Fsp3) is 0.462. The van der Waals surface area contributed by atoms with Crippen molar-refractivity contribution in [2.45, 2.75) is 19.3 Å². The molecule has 0 radical (unpaired) electrons. The number of nitrogens with zero attached hydrogens (tertiary/aromatic N) is 1. The maximum Gasteiger partial charge on any atom is 0.195 e. The van der Waals surface area contributed by atoms with Crippen molar-refractivity contribution in [3.63, 3.8) is 0 Å². The molecule has 4 heteroatoms. The molecule has 0 atom stereocenters. The molecule has 0 bridgehead atoms. The minimum Gasteiger partial charge on any atom is -0.441 e. The van der Waals surface area contributed by atoms with E-state index in [0.717, 1.165) is 38.2 Å². The van der Waals surface area contributed by atoms with Gasteiger partial charge in [-0.2, -0.15) is 0 Å². The van der Waals surface area contributed by atoms with Gasteiger partial charge in [0.25, 0.3) is 0 Å². The van der Waals surface area contributed by atoms with Crippen LogP contribution in [0.3, 0.4) is 0 Å². The van der Waals surface area contributed by atoms with Crippen LogP contribution in [0.4, 0.5) is 4.39 Å². The van der Waals surface area contributed by atoms with E-state index >= 15 is 0 Å². The lowest BCUT2D eigenvalue weighted by molar-refractivity contribution is 0.346. The first kappa shape index (κ1) is 10.7. The van der Waals surface area contributed by atoms with Crippen molar-refractivity contribution in [1.82, 2.24) is 10.3 Å². The van der Waals surface area contributed by atoms with E-state index in [1.807, 2.05) is 0 Å². The highest BCUT2D eigenvalue weighted by Crippen LogP contribution is 2.22. The van der Waals surface area contributed by atoms with Gasteiger partial charge in [0.15, 0.2) is 11.5 Å². The van der Waals surface area contributed by atoms with Gasteiger partial charge in [-0.05, 0) is 44.0 Å². The molecule has 17 heavy (non-hydrogen) atoms. The van der Waals surface area contributed by atoms with Gasteiger partial charge in [0, 0.05) is 12.5 Å². The lowest BCUT2D eigenvalue weighted by Crippen LogP contribution is -2.28. The molecular weight excluding hydrogens is 219 g/mol. The standard InChI is InChI=1S/C13H15FN2O/c14-10-1-2-12-11(8-10)16-13(17-12)7-9-3-5-15-6-4-9/h1-2,8-9,15H,3-7H2. The van der Waals surface area contributed by atoms with Crippen LogP contribution >= 0.6 is 0 Å². The number of piperidine rings is 1. The van der Waals surface area contributed by atoms with Crippen molar-refractivity contribution in [1.29, 1.82) is 0 Å². The van der Waals surface area contributed by atoms with Gasteiger partial charge in [0.1, 0.15) is 11.3 Å². The summed E-state index contributed by atoms with van der Waals surface area (Å²) < 4.78 is 18.6. The molecule has 0 amide bonds. The van der Waals surface area contributed by atoms with Crippen LogP contribution in [0.5, 0.6) is 0 Å². The molecule has 1 N–H and O–H groups in total. The number of aromatic nitrogens is 1. The number of hydrogen-bond donors (Lipinski definition) is 1. The second-order valence-corrected chi connectivity index (χ2v) is 4.62. The molecular formula is C13H15FN2O. The van der Waals surface area contributed by atoms with Crippen LogP contribution in [0.2, 0.25) is 0 Å². The summed E-state index contributed by atoms with van der Waals surface area (Å²) in [4.78, 5) is 4.34. The van der Waals surface area contributed by atoms with Gasteiger partial charge in [0.2, 0.25) is 0 Å². The van der Waals surface area contributed by atoms with E-state index in [4.69, 9.17) is 4.42 Å². The zero-order chi connectivity index (χ0) is 11.7. The van der Waals surface area contributed by atoms with Gasteiger partial charge >= 0.3 is 0 Å². The minimum atomic E-state index is -0.265. The van der Waals surface area contributed by atoms with E-state index in [2.05, 4.69) is 10.3 Å². The van der Waals surface area contributed by atoms with Crippen LogP contribution in [0.15, 0.2) is 22.6 Å². The van der Waals surface area contributed by atoms with Crippen molar-refractivity contribution < 1.29 is 8.81 Å². The Hall–Kier alpha value is -1.42. The summed E-state index contributed by atoms with van der Waals surface area (Å²) in [6.45, 7) is 2.14. The number of rotatable bonds is 2. The van der Waals surface area contributed by atoms with Crippen LogP contribution in [0.1, 0.15) is 18.7 Å². The Morgan fingerprint density at radius 2 is 2.18 bits per heavy atom. The number of benzene rings is 1. The summed E-state index contributed by atoms with van der Waals surface area (Å²) in [6.07, 6.45) is 3.18. The molecule has 0 unspecified atom stereocenters. The number of hydrogen-bond acceptors (Lipinski definition) is 3. The summed E-state index contributed by atoms with van der Waals surface area (Å²) in [5, 5.41) is 3.33. The van der Waals surface area contributed by atoms with E-state index in [-0.39, 0.29) is 5.82 Å². The molecule has 1 fully saturated rings. The van der Waals surface area contributed by atoms with E-state index in [0.29, 0.717) is 17.0 Å². The normalized spacial score (nSPS) is 17.7. The van der Waals surface area contributed by atoms with Gasteiger partial charge < -0.3 is 9.73 Å². The highest BCUT2D eigenvalue weighted by molar-refractivity contribution is 5.72. The quantitative estimate of drug-likeness (QED) is 0.867. The molecule has 1 aliphatic rings. The van der Waals surface area contributed by atoms with Crippen molar-refractivity contribution >= 4 is 11.1 Å². The molecule has 0 aliphatic carbocycles. The molecule has 1 aromatic heterocycles. The average Bonchev–Trinajstić information content (AvgIpc) is 2.71. The fourth-order valence-electron chi connectivity index (χ4n) is 2.37. The molecule has 0 spiro atoms. The largest absolute Gasteiger partial charge is 0.441 e. The smallest absolute Gasteiger partial charge is 0.195 e. The maximum absolute atomic E-state index is 13.0. The highest BCUT2D eigenvalue weighted by Gasteiger charge is 2.16. The third-order valence-corrected chi connectivity index (χ3v) is 3.32. The first-order valence-corrected chi connectivity index (χ1v) is 6.07. The molecule has 0 saturated carbocycles. The van der Waals surface area contributed by atoms with Gasteiger partial charge in [-0.15, -0.1) is 0 Å². The number of halogens is 1. The van der Waals surface area contributed by atoms with Crippen LogP contribution in [0.25, 0.3) is 11.1 Å². The zero-order valence-corrected chi connectivity index (χ0v) is 9.58. The number of fused-ring (bicyclic) bond motifs is 1. The number of nitrogens with one attached hydrogen (secondary N) is 1. The first-order valence-electron chi connectivity index (χ1n) is 6.07. The Morgan fingerprint density at radius 3 is 3.00 bits per heavy atom. The summed E-state index contributed by atoms with van der Waals surface area (Å²) in [6, 6.07) is 4.47. The van der Waals surface area contributed by atoms with Crippen molar-refractivity contribution in [3.05, 3.63) is 29.9 Å². The highest BCUT2D eigenvalue weighted by atomic mass is 19.1. The average molecular weight is 234 g/mol. The third kappa shape index (κ3) is 2.31. The number of oxazole rings is 1. The van der Waals surface area contributed by atoms with E-state index in [9.17, 15) is 4.39 Å². The molecule has 3 rings (SSSR count). The summed E-state index contributed by atoms with van der Waals surface area (Å²) >= 11 is 0. The second kappa shape index (κ2) is 4.45. The summed E-state index contributed by atoms with van der Waals surface area (Å²) in [7, 11) is 0. The fourth-order valence-corrected chi connectivity index (χ4v) is 2.37. The maximum atomic E-state index is 13.0. The van der Waals surface area contributed by atoms with Gasteiger partial charge in [-0.1, -0.05) is 0 Å². The van der Waals surface area contributed by atoms with Crippen molar-refractivity contribution in [2.24, 2.45) is 5.92 Å². The lowest BCUT2D eigenvalue weighted by atomic mass is 9.95. The SMILES string of the molecule is Fc1ccc2oc(CC3CCNCC3)nc2c1. The summed E-state index contributed by atoms with van der Waals surface area (Å²) in [5.74, 6) is 1.10. The molecule has 1 aromatic carbocycles. The van der Waals surface area contributed by atoms with Gasteiger partial charge in [0.05, 0.1) is 0 Å². The van der Waals surface area contributed by atoms with E-state index < -0.39 is 0 Å². The molecule has 2 heterocycles. The third-order valence-electron chi connectivity index (χ3n) is 3.32. The van der Waals surface area contributed by atoms with Crippen LogP contribution in [-0.4, -0.2) is 18.1 Å². The Bertz CT molecular complexity index is 517. The van der Waals surface area contributed by atoms with Gasteiger partial charge in [-0.3, -0.25) is 0 Å². The Balaban J connectivity index is 1.80. The summed E-state index contributed by atoms with van der Waals surface area (Å²) in [5.41, 5.74) is 1.30. The molecule has 90 valence electrons. The Morgan fingerprint density at radius 1 is 1.35 bits per heavy atom. The first-order chi connectivity index (χ1) is 8.31. The van der Waals surface area contributed by atoms with Crippen LogP contribution < -0.4 is 5.32 Å². The lowest BCUT2D eigenvalue weighted by Gasteiger charge is -2.20. The predicted molar refractivity (Wildman–Crippen MR) is 63.3 cm³/mol. The second-order valence-electron chi connectivity index (χ2n) is 4.62. The topological polar surface area (TPSA) is 38.1 Å². The molecule has 2 aromatic rings. The Labute approximate surface area is 99.0 Å². The predicted octanol–water partition coefficient (Wildman–Crippen LogP) is 2.51. The molecule has 1 saturated heterocycles. The zero-order valence-electron chi connectivity index (χ0n) is 9.58. The minimum absolute atomic E-state index is 0.265. The van der Waals surface area contributed by atoms with Crippen molar-refractivity contribution in [3.8, 4) is 0 Å². The molecule has 1 aliphatic heterocycles. The monoisotopic (exact) mass is 234 g/mol. The van der Waals surface area contributed by atoms with E-state index in [1.165, 1.54) is 12.1 Å². The Kier molecular flexibility index (Phi) is 2.81. The van der Waals surface area contributed by atoms with E-state index in [1.54, 1.807) is 6.07 Å². The molecule has 3 nitrogen and oxygen atoms in total. The van der Waals surface area contributed by atoms with Gasteiger partial charge in [-0.25, -0.2) is 9.37 Å². The van der Waals surface area contributed by atoms with Crippen LogP contribution in [-0.2, 0) is 6.42 Å². The van der Waals surface area contributed by atoms with Crippen LogP contribution in [0, 0.1) is 11.7 Å².